The third-order valence-corrected chi connectivity index (χ3v) is 3.91. The molecule has 3 nitrogen and oxygen atoms in total. The van der Waals surface area contributed by atoms with Crippen molar-refractivity contribution in [2.75, 3.05) is 6.54 Å². The van der Waals surface area contributed by atoms with Crippen LogP contribution in [0, 0.1) is 5.41 Å². The van der Waals surface area contributed by atoms with Crippen LogP contribution in [0.3, 0.4) is 0 Å². The van der Waals surface area contributed by atoms with Gasteiger partial charge in [0.05, 0.1) is 15.5 Å². The lowest BCUT2D eigenvalue weighted by Gasteiger charge is -2.26. The number of aliphatic hydroxyl groups is 1. The van der Waals surface area contributed by atoms with Crippen LogP contribution in [-0.2, 0) is 0 Å². The van der Waals surface area contributed by atoms with Gasteiger partial charge in [0.1, 0.15) is 0 Å². The Morgan fingerprint density at radius 1 is 1.65 bits per heavy atom. The molecule has 1 aromatic heterocycles. The van der Waals surface area contributed by atoms with E-state index in [0.717, 1.165) is 3.79 Å². The van der Waals surface area contributed by atoms with Crippen molar-refractivity contribution in [3.8, 4) is 0 Å². The first-order valence-corrected chi connectivity index (χ1v) is 7.18. The van der Waals surface area contributed by atoms with E-state index in [9.17, 15) is 9.90 Å². The summed E-state index contributed by atoms with van der Waals surface area (Å²) in [4.78, 5) is 11.8. The lowest BCUT2D eigenvalue weighted by Crippen LogP contribution is -2.35. The highest BCUT2D eigenvalue weighted by molar-refractivity contribution is 9.11. The molecular formula is C12H18BrNO2S. The Kier molecular flexibility index (Phi) is 5.16. The average Bonchev–Trinajstić information content (AvgIpc) is 2.59. The van der Waals surface area contributed by atoms with Crippen LogP contribution in [0.2, 0.25) is 0 Å². The molecule has 0 saturated carbocycles. The van der Waals surface area contributed by atoms with Crippen molar-refractivity contribution in [3.05, 3.63) is 20.8 Å². The molecule has 0 aromatic carbocycles. The van der Waals surface area contributed by atoms with E-state index in [1.807, 2.05) is 25.3 Å². The second-order valence-electron chi connectivity index (χ2n) is 5.04. The summed E-state index contributed by atoms with van der Waals surface area (Å²) in [5.41, 5.74) is 0.576. The minimum Gasteiger partial charge on any atom is -0.393 e. The average molecular weight is 320 g/mol. The van der Waals surface area contributed by atoms with E-state index in [1.165, 1.54) is 11.3 Å². The quantitative estimate of drug-likeness (QED) is 0.876. The Morgan fingerprint density at radius 3 is 2.76 bits per heavy atom. The smallest absolute Gasteiger partial charge is 0.252 e. The second kappa shape index (κ2) is 5.98. The van der Waals surface area contributed by atoms with E-state index in [4.69, 9.17) is 0 Å². The van der Waals surface area contributed by atoms with Crippen LogP contribution in [0.1, 0.15) is 37.6 Å². The van der Waals surface area contributed by atoms with Crippen molar-refractivity contribution < 1.29 is 9.90 Å². The maximum absolute atomic E-state index is 11.8. The highest BCUT2D eigenvalue weighted by Gasteiger charge is 2.21. The number of rotatable bonds is 5. The number of carbonyl (C=O) groups excluding carboxylic acids is 1. The van der Waals surface area contributed by atoms with Gasteiger partial charge in [0, 0.05) is 11.9 Å². The molecule has 0 aliphatic carbocycles. The van der Waals surface area contributed by atoms with Crippen LogP contribution in [-0.4, -0.2) is 23.7 Å². The fraction of sp³-hybridized carbons (Fsp3) is 0.583. The zero-order chi connectivity index (χ0) is 13.1. The zero-order valence-corrected chi connectivity index (χ0v) is 12.7. The molecule has 1 rings (SSSR count). The highest BCUT2D eigenvalue weighted by atomic mass is 79.9. The summed E-state index contributed by atoms with van der Waals surface area (Å²) in [5.74, 6) is -0.0642. The Labute approximate surface area is 114 Å². The number of hydrogen-bond donors (Lipinski definition) is 2. The van der Waals surface area contributed by atoms with Gasteiger partial charge in [-0.3, -0.25) is 4.79 Å². The van der Waals surface area contributed by atoms with Gasteiger partial charge in [-0.15, -0.1) is 11.3 Å². The van der Waals surface area contributed by atoms with Gasteiger partial charge >= 0.3 is 0 Å². The molecule has 0 aliphatic rings. The summed E-state index contributed by atoms with van der Waals surface area (Å²) in [7, 11) is 0. The molecule has 0 radical (unpaired) electrons. The van der Waals surface area contributed by atoms with Crippen LogP contribution in [0.25, 0.3) is 0 Å². The Hall–Kier alpha value is -0.390. The maximum Gasteiger partial charge on any atom is 0.252 e. The summed E-state index contributed by atoms with van der Waals surface area (Å²) in [6, 6.07) is 1.81. The Balaban J connectivity index is 2.48. The number of hydrogen-bond acceptors (Lipinski definition) is 3. The van der Waals surface area contributed by atoms with Crippen molar-refractivity contribution in [1.29, 1.82) is 0 Å². The monoisotopic (exact) mass is 319 g/mol. The Morgan fingerprint density at radius 2 is 2.29 bits per heavy atom. The van der Waals surface area contributed by atoms with Crippen molar-refractivity contribution in [2.45, 2.75) is 33.3 Å². The van der Waals surface area contributed by atoms with Crippen molar-refractivity contribution in [3.63, 3.8) is 0 Å². The number of thiophene rings is 1. The van der Waals surface area contributed by atoms with Gasteiger partial charge in [0.2, 0.25) is 0 Å². The summed E-state index contributed by atoms with van der Waals surface area (Å²) in [5, 5.41) is 14.1. The fourth-order valence-electron chi connectivity index (χ4n) is 1.72. The van der Waals surface area contributed by atoms with E-state index >= 15 is 0 Å². The standard InChI is InChI=1S/C12H18BrNO2S/c1-8(15)5-12(2,3)7-14-11(16)9-4-10(13)17-6-9/h4,6,8,15H,5,7H2,1-3H3,(H,14,16). The highest BCUT2D eigenvalue weighted by Crippen LogP contribution is 2.23. The first-order chi connectivity index (χ1) is 7.80. The van der Waals surface area contributed by atoms with Crippen LogP contribution >= 0.6 is 27.3 Å². The third kappa shape index (κ3) is 5.19. The normalized spacial score (nSPS) is 13.5. The molecule has 0 fully saturated rings. The predicted molar refractivity (Wildman–Crippen MR) is 74.4 cm³/mol. The van der Waals surface area contributed by atoms with Crippen molar-refractivity contribution in [2.24, 2.45) is 5.41 Å². The summed E-state index contributed by atoms with van der Waals surface area (Å²) >= 11 is 4.82. The molecule has 0 spiro atoms. The third-order valence-electron chi connectivity index (χ3n) is 2.41. The van der Waals surface area contributed by atoms with Crippen molar-refractivity contribution >= 4 is 33.2 Å². The lowest BCUT2D eigenvalue weighted by atomic mass is 9.87. The molecule has 0 bridgehead atoms. The van der Waals surface area contributed by atoms with E-state index in [1.54, 1.807) is 6.92 Å². The van der Waals surface area contributed by atoms with Crippen LogP contribution in [0.4, 0.5) is 0 Å². The van der Waals surface area contributed by atoms with Gasteiger partial charge in [0.15, 0.2) is 0 Å². The van der Waals surface area contributed by atoms with Gasteiger partial charge in [-0.1, -0.05) is 13.8 Å². The SMILES string of the molecule is CC(O)CC(C)(C)CNC(=O)c1csc(Br)c1. The van der Waals surface area contributed by atoms with E-state index in [-0.39, 0.29) is 17.4 Å². The summed E-state index contributed by atoms with van der Waals surface area (Å²) in [6.07, 6.45) is 0.317. The van der Waals surface area contributed by atoms with E-state index in [2.05, 4.69) is 21.2 Å². The molecule has 1 amide bonds. The predicted octanol–water partition coefficient (Wildman–Crippen LogP) is 3.04. The number of aliphatic hydroxyl groups excluding tert-OH is 1. The minimum absolute atomic E-state index is 0.0642. The second-order valence-corrected chi connectivity index (χ2v) is 7.33. The molecule has 5 heteroatoms. The fourth-order valence-corrected chi connectivity index (χ4v) is 2.86. The van der Waals surface area contributed by atoms with Gasteiger partial charge in [-0.25, -0.2) is 0 Å². The van der Waals surface area contributed by atoms with Crippen LogP contribution < -0.4 is 5.32 Å². The molecule has 1 heterocycles. The largest absolute Gasteiger partial charge is 0.393 e. The molecule has 0 aliphatic heterocycles. The Bertz CT molecular complexity index is 388. The number of halogens is 1. The maximum atomic E-state index is 11.8. The number of carbonyl (C=O) groups is 1. The molecule has 1 aromatic rings. The molecule has 1 unspecified atom stereocenters. The molecule has 0 saturated heterocycles. The van der Waals surface area contributed by atoms with E-state index in [0.29, 0.717) is 18.5 Å². The first kappa shape index (κ1) is 14.7. The molecule has 2 N–H and O–H groups in total. The zero-order valence-electron chi connectivity index (χ0n) is 10.3. The van der Waals surface area contributed by atoms with Gasteiger partial charge in [0.25, 0.3) is 5.91 Å². The van der Waals surface area contributed by atoms with Crippen LogP contribution in [0.15, 0.2) is 15.2 Å². The minimum atomic E-state index is -0.350. The summed E-state index contributed by atoms with van der Waals surface area (Å²) < 4.78 is 0.950. The lowest BCUT2D eigenvalue weighted by molar-refractivity contribution is 0.0902. The molecular weight excluding hydrogens is 302 g/mol. The van der Waals surface area contributed by atoms with Gasteiger partial charge in [-0.05, 0) is 40.8 Å². The van der Waals surface area contributed by atoms with Gasteiger partial charge < -0.3 is 10.4 Å². The number of nitrogens with one attached hydrogen (secondary N) is 1. The molecule has 17 heavy (non-hydrogen) atoms. The molecule has 1 atom stereocenters. The van der Waals surface area contributed by atoms with Crippen molar-refractivity contribution in [1.82, 2.24) is 5.32 Å². The molecule has 96 valence electrons. The number of amides is 1. The van der Waals surface area contributed by atoms with Gasteiger partial charge in [-0.2, -0.15) is 0 Å². The first-order valence-electron chi connectivity index (χ1n) is 5.50. The van der Waals surface area contributed by atoms with E-state index < -0.39 is 0 Å². The topological polar surface area (TPSA) is 49.3 Å². The summed E-state index contributed by atoms with van der Waals surface area (Å²) in [6.45, 7) is 6.39. The van der Waals surface area contributed by atoms with Crippen LogP contribution in [0.5, 0.6) is 0 Å².